The SMILES string of the molecule is Cc1cn(C(C)C)c(NC(C)c2cccnc2)n1. The highest BCUT2D eigenvalue weighted by molar-refractivity contribution is 5.33. The van der Waals surface area contributed by atoms with Crippen molar-refractivity contribution in [2.24, 2.45) is 0 Å². The first-order valence-corrected chi connectivity index (χ1v) is 6.30. The van der Waals surface area contributed by atoms with Crippen molar-refractivity contribution in [2.75, 3.05) is 5.32 Å². The Hall–Kier alpha value is -1.84. The molecule has 1 atom stereocenters. The van der Waals surface area contributed by atoms with Gasteiger partial charge in [0.1, 0.15) is 0 Å². The molecule has 2 aromatic rings. The van der Waals surface area contributed by atoms with Crippen LogP contribution in [0.1, 0.15) is 44.1 Å². The summed E-state index contributed by atoms with van der Waals surface area (Å²) in [5, 5.41) is 3.44. The smallest absolute Gasteiger partial charge is 0.203 e. The van der Waals surface area contributed by atoms with Crippen LogP contribution in [0.5, 0.6) is 0 Å². The van der Waals surface area contributed by atoms with E-state index >= 15 is 0 Å². The van der Waals surface area contributed by atoms with Crippen LogP contribution in [-0.2, 0) is 0 Å². The fourth-order valence-corrected chi connectivity index (χ4v) is 1.93. The summed E-state index contributed by atoms with van der Waals surface area (Å²) in [6.07, 6.45) is 5.74. The quantitative estimate of drug-likeness (QED) is 0.897. The summed E-state index contributed by atoms with van der Waals surface area (Å²) in [5.41, 5.74) is 2.19. The first kappa shape index (κ1) is 12.6. The number of nitrogens with one attached hydrogen (secondary N) is 1. The van der Waals surface area contributed by atoms with Gasteiger partial charge in [-0.1, -0.05) is 6.07 Å². The molecule has 0 aliphatic carbocycles. The zero-order valence-electron chi connectivity index (χ0n) is 11.4. The maximum absolute atomic E-state index is 4.53. The van der Waals surface area contributed by atoms with Gasteiger partial charge >= 0.3 is 0 Å². The number of rotatable bonds is 4. The fraction of sp³-hybridized carbons (Fsp3) is 0.429. The molecule has 2 rings (SSSR count). The molecule has 0 bridgehead atoms. The second kappa shape index (κ2) is 5.21. The van der Waals surface area contributed by atoms with Crippen LogP contribution in [0, 0.1) is 6.92 Å². The fourth-order valence-electron chi connectivity index (χ4n) is 1.93. The molecule has 0 aromatic carbocycles. The third kappa shape index (κ3) is 2.70. The number of hydrogen-bond acceptors (Lipinski definition) is 3. The number of nitrogens with zero attached hydrogens (tertiary/aromatic N) is 3. The molecule has 4 heteroatoms. The lowest BCUT2D eigenvalue weighted by Crippen LogP contribution is -2.12. The zero-order valence-corrected chi connectivity index (χ0v) is 11.4. The van der Waals surface area contributed by atoms with Gasteiger partial charge in [0.2, 0.25) is 5.95 Å². The summed E-state index contributed by atoms with van der Waals surface area (Å²) >= 11 is 0. The normalized spacial score (nSPS) is 12.7. The third-order valence-corrected chi connectivity index (χ3v) is 2.94. The molecule has 0 radical (unpaired) electrons. The Morgan fingerprint density at radius 2 is 2.06 bits per heavy atom. The van der Waals surface area contributed by atoms with Gasteiger partial charge in [0.05, 0.1) is 11.7 Å². The van der Waals surface area contributed by atoms with Gasteiger partial charge in [-0.05, 0) is 39.3 Å². The number of pyridine rings is 1. The Labute approximate surface area is 108 Å². The Bertz CT molecular complexity index is 502. The highest BCUT2D eigenvalue weighted by Crippen LogP contribution is 2.21. The summed E-state index contributed by atoms with van der Waals surface area (Å²) in [6.45, 7) is 8.44. The summed E-state index contributed by atoms with van der Waals surface area (Å²) in [7, 11) is 0. The van der Waals surface area contributed by atoms with Crippen molar-refractivity contribution in [3.63, 3.8) is 0 Å². The summed E-state index contributed by atoms with van der Waals surface area (Å²) < 4.78 is 2.15. The van der Waals surface area contributed by atoms with Crippen molar-refractivity contribution in [2.45, 2.75) is 39.8 Å². The minimum absolute atomic E-state index is 0.193. The lowest BCUT2D eigenvalue weighted by molar-refractivity contribution is 0.600. The van der Waals surface area contributed by atoms with E-state index in [9.17, 15) is 0 Å². The summed E-state index contributed by atoms with van der Waals surface area (Å²) in [4.78, 5) is 8.67. The molecule has 0 saturated heterocycles. The number of anilines is 1. The lowest BCUT2D eigenvalue weighted by Gasteiger charge is -2.17. The average Bonchev–Trinajstić information content (AvgIpc) is 2.71. The maximum Gasteiger partial charge on any atom is 0.203 e. The number of imidazole rings is 1. The number of aromatic nitrogens is 3. The van der Waals surface area contributed by atoms with Gasteiger partial charge in [-0.15, -0.1) is 0 Å². The largest absolute Gasteiger partial charge is 0.349 e. The zero-order chi connectivity index (χ0) is 13.1. The van der Waals surface area contributed by atoms with Crippen molar-refractivity contribution in [3.8, 4) is 0 Å². The molecule has 1 N–H and O–H groups in total. The first-order chi connectivity index (χ1) is 8.58. The van der Waals surface area contributed by atoms with Crippen LogP contribution in [0.2, 0.25) is 0 Å². The monoisotopic (exact) mass is 244 g/mol. The molecule has 2 heterocycles. The van der Waals surface area contributed by atoms with Crippen molar-refractivity contribution in [1.82, 2.24) is 14.5 Å². The maximum atomic E-state index is 4.53. The van der Waals surface area contributed by atoms with E-state index in [1.54, 1.807) is 6.20 Å². The van der Waals surface area contributed by atoms with E-state index in [1.807, 2.05) is 19.2 Å². The van der Waals surface area contributed by atoms with E-state index in [2.05, 4.69) is 52.9 Å². The predicted molar refractivity (Wildman–Crippen MR) is 73.6 cm³/mol. The highest BCUT2D eigenvalue weighted by Gasteiger charge is 2.12. The van der Waals surface area contributed by atoms with Gasteiger partial charge in [-0.2, -0.15) is 0 Å². The molecule has 0 aliphatic rings. The molecule has 0 spiro atoms. The third-order valence-electron chi connectivity index (χ3n) is 2.94. The molecule has 0 fully saturated rings. The highest BCUT2D eigenvalue weighted by atomic mass is 15.2. The summed E-state index contributed by atoms with van der Waals surface area (Å²) in [5.74, 6) is 0.916. The van der Waals surface area contributed by atoms with Gasteiger partial charge in [-0.25, -0.2) is 4.98 Å². The lowest BCUT2D eigenvalue weighted by atomic mass is 10.1. The van der Waals surface area contributed by atoms with Gasteiger partial charge in [0, 0.05) is 24.6 Å². The minimum Gasteiger partial charge on any atom is -0.349 e. The molecule has 1 unspecified atom stereocenters. The van der Waals surface area contributed by atoms with Crippen LogP contribution >= 0.6 is 0 Å². The van der Waals surface area contributed by atoms with Crippen LogP contribution in [0.4, 0.5) is 5.95 Å². The van der Waals surface area contributed by atoms with Crippen molar-refractivity contribution in [1.29, 1.82) is 0 Å². The Morgan fingerprint density at radius 3 is 2.67 bits per heavy atom. The van der Waals surface area contributed by atoms with Gasteiger partial charge in [0.25, 0.3) is 0 Å². The van der Waals surface area contributed by atoms with Crippen molar-refractivity contribution >= 4 is 5.95 Å². The Morgan fingerprint density at radius 1 is 1.28 bits per heavy atom. The van der Waals surface area contributed by atoms with Crippen LogP contribution in [0.25, 0.3) is 0 Å². The van der Waals surface area contributed by atoms with Crippen molar-refractivity contribution < 1.29 is 0 Å². The second-order valence-corrected chi connectivity index (χ2v) is 4.86. The van der Waals surface area contributed by atoms with E-state index in [-0.39, 0.29) is 6.04 Å². The second-order valence-electron chi connectivity index (χ2n) is 4.86. The first-order valence-electron chi connectivity index (χ1n) is 6.30. The Balaban J connectivity index is 2.19. The van der Waals surface area contributed by atoms with Crippen LogP contribution in [0.3, 0.4) is 0 Å². The van der Waals surface area contributed by atoms with E-state index < -0.39 is 0 Å². The van der Waals surface area contributed by atoms with Crippen LogP contribution < -0.4 is 5.32 Å². The minimum atomic E-state index is 0.193. The van der Waals surface area contributed by atoms with E-state index in [1.165, 1.54) is 0 Å². The molecule has 0 aliphatic heterocycles. The van der Waals surface area contributed by atoms with E-state index in [0.717, 1.165) is 17.2 Å². The molecular weight excluding hydrogens is 224 g/mol. The number of hydrogen-bond donors (Lipinski definition) is 1. The summed E-state index contributed by atoms with van der Waals surface area (Å²) in [6, 6.07) is 4.61. The molecule has 96 valence electrons. The molecule has 4 nitrogen and oxygen atoms in total. The van der Waals surface area contributed by atoms with Crippen molar-refractivity contribution in [3.05, 3.63) is 42.0 Å². The van der Waals surface area contributed by atoms with Gasteiger partial charge in [-0.3, -0.25) is 4.98 Å². The van der Waals surface area contributed by atoms with Gasteiger partial charge < -0.3 is 9.88 Å². The molecule has 0 amide bonds. The van der Waals surface area contributed by atoms with E-state index in [4.69, 9.17) is 0 Å². The molecule has 18 heavy (non-hydrogen) atoms. The standard InChI is InChI=1S/C14H20N4/c1-10(2)18-9-11(3)16-14(18)17-12(4)13-6-5-7-15-8-13/h5-10,12H,1-4H3,(H,16,17). The topological polar surface area (TPSA) is 42.7 Å². The Kier molecular flexibility index (Phi) is 3.65. The molecule has 0 saturated carbocycles. The van der Waals surface area contributed by atoms with E-state index in [0.29, 0.717) is 6.04 Å². The molecule has 2 aromatic heterocycles. The van der Waals surface area contributed by atoms with Crippen LogP contribution in [-0.4, -0.2) is 14.5 Å². The van der Waals surface area contributed by atoms with Crippen LogP contribution in [0.15, 0.2) is 30.7 Å². The van der Waals surface area contributed by atoms with Gasteiger partial charge in [0.15, 0.2) is 0 Å². The molecular formula is C14H20N4. The average molecular weight is 244 g/mol. The number of aryl methyl sites for hydroxylation is 1. The predicted octanol–water partition coefficient (Wildman–Crippen LogP) is 3.34.